The van der Waals surface area contributed by atoms with E-state index in [0.717, 1.165) is 6.42 Å². The first-order chi connectivity index (χ1) is 13.2. The molecule has 0 bridgehead atoms. The Morgan fingerprint density at radius 2 is 1.96 bits per heavy atom. The molecule has 1 fully saturated rings. The molecule has 1 saturated heterocycles. The van der Waals surface area contributed by atoms with Crippen LogP contribution < -0.4 is 10.6 Å². The summed E-state index contributed by atoms with van der Waals surface area (Å²) >= 11 is 0. The van der Waals surface area contributed by atoms with Crippen molar-refractivity contribution in [2.75, 3.05) is 6.61 Å². The second kappa shape index (κ2) is 9.87. The predicted octanol–water partition coefficient (Wildman–Crippen LogP) is 2.62. The molecule has 4 atom stereocenters. The van der Waals surface area contributed by atoms with E-state index in [1.54, 1.807) is 13.0 Å². The highest BCUT2D eigenvalue weighted by Gasteiger charge is 2.37. The van der Waals surface area contributed by atoms with Crippen LogP contribution in [0.4, 0.5) is 0 Å². The largest absolute Gasteiger partial charge is 0.469 e. The lowest BCUT2D eigenvalue weighted by atomic mass is 9.91. The van der Waals surface area contributed by atoms with Crippen molar-refractivity contribution in [2.45, 2.75) is 72.1 Å². The minimum absolute atomic E-state index is 0.0130. The Kier molecular flexibility index (Phi) is 7.80. The fourth-order valence-electron chi connectivity index (χ4n) is 3.25. The Labute approximate surface area is 166 Å². The molecule has 2 rings (SSSR count). The normalized spacial score (nSPS) is 21.6. The van der Waals surface area contributed by atoms with Gasteiger partial charge in [0.2, 0.25) is 5.91 Å². The number of aryl methyl sites for hydroxylation is 1. The summed E-state index contributed by atoms with van der Waals surface area (Å²) < 4.78 is 10.6. The minimum Gasteiger partial charge on any atom is -0.469 e. The molecule has 7 heteroatoms. The Hall–Kier alpha value is -2.15. The van der Waals surface area contributed by atoms with Gasteiger partial charge in [-0.05, 0) is 44.1 Å². The minimum atomic E-state index is -0.728. The Morgan fingerprint density at radius 3 is 2.54 bits per heavy atom. The highest BCUT2D eigenvalue weighted by molar-refractivity contribution is 5.99. The quantitative estimate of drug-likeness (QED) is 0.673. The van der Waals surface area contributed by atoms with Crippen LogP contribution in [0.15, 0.2) is 16.7 Å². The average Bonchev–Trinajstić information content (AvgIpc) is 3.23. The standard InChI is InChI=1S/C21H32N2O5/c1-6-18-19(17(24)11-28-18)23-21(26)16(8-7-13(4)12(2)3)22-20(25)15-9-10-27-14(15)5/h9-10,12-13,16,18-19H,6-8,11H2,1-5H3,(H,22,25)(H,23,26). The number of hydrogen-bond donors (Lipinski definition) is 2. The molecule has 1 aliphatic heterocycles. The van der Waals surface area contributed by atoms with Crippen LogP contribution in [0.3, 0.4) is 0 Å². The zero-order valence-electron chi connectivity index (χ0n) is 17.4. The highest BCUT2D eigenvalue weighted by atomic mass is 16.5. The summed E-state index contributed by atoms with van der Waals surface area (Å²) in [6.45, 7) is 10.0. The molecule has 0 spiro atoms. The number of ketones is 1. The smallest absolute Gasteiger partial charge is 0.255 e. The third-order valence-corrected chi connectivity index (χ3v) is 5.63. The summed E-state index contributed by atoms with van der Waals surface area (Å²) in [5.41, 5.74) is 0.404. The number of rotatable bonds is 9. The molecular weight excluding hydrogens is 360 g/mol. The molecular formula is C21H32N2O5. The van der Waals surface area contributed by atoms with Gasteiger partial charge in [0.1, 0.15) is 24.5 Å². The second-order valence-electron chi connectivity index (χ2n) is 7.93. The van der Waals surface area contributed by atoms with Crippen molar-refractivity contribution in [3.63, 3.8) is 0 Å². The van der Waals surface area contributed by atoms with E-state index in [4.69, 9.17) is 9.15 Å². The molecule has 2 heterocycles. The van der Waals surface area contributed by atoms with Gasteiger partial charge in [-0.1, -0.05) is 27.7 Å². The van der Waals surface area contributed by atoms with Gasteiger partial charge < -0.3 is 19.8 Å². The van der Waals surface area contributed by atoms with E-state index in [0.29, 0.717) is 36.0 Å². The van der Waals surface area contributed by atoms with Gasteiger partial charge in [0.25, 0.3) is 5.91 Å². The molecule has 2 amide bonds. The van der Waals surface area contributed by atoms with E-state index in [2.05, 4.69) is 31.4 Å². The third kappa shape index (κ3) is 5.44. The van der Waals surface area contributed by atoms with Gasteiger partial charge in [0.05, 0.1) is 17.9 Å². The Bertz CT molecular complexity index is 697. The van der Waals surface area contributed by atoms with Crippen molar-refractivity contribution in [3.05, 3.63) is 23.7 Å². The summed E-state index contributed by atoms with van der Waals surface area (Å²) in [6.07, 6.45) is 3.03. The number of hydrogen-bond acceptors (Lipinski definition) is 5. The maximum atomic E-state index is 12.9. The van der Waals surface area contributed by atoms with Crippen LogP contribution in [0.2, 0.25) is 0 Å². The van der Waals surface area contributed by atoms with E-state index in [1.165, 1.54) is 6.26 Å². The van der Waals surface area contributed by atoms with Crippen molar-refractivity contribution in [3.8, 4) is 0 Å². The first-order valence-electron chi connectivity index (χ1n) is 10.0. The SMILES string of the molecule is CCC1OCC(=O)C1NC(=O)C(CCC(C)C(C)C)NC(=O)c1ccoc1C. The molecule has 1 aromatic heterocycles. The van der Waals surface area contributed by atoms with Gasteiger partial charge in [0, 0.05) is 0 Å². The van der Waals surface area contributed by atoms with Gasteiger partial charge in [-0.3, -0.25) is 14.4 Å². The molecule has 4 unspecified atom stereocenters. The second-order valence-corrected chi connectivity index (χ2v) is 7.93. The van der Waals surface area contributed by atoms with Crippen LogP contribution in [0.1, 0.15) is 63.1 Å². The van der Waals surface area contributed by atoms with Crippen LogP contribution in [-0.2, 0) is 14.3 Å². The molecule has 28 heavy (non-hydrogen) atoms. The summed E-state index contributed by atoms with van der Waals surface area (Å²) in [6, 6.07) is 0.196. The molecule has 1 aliphatic rings. The Morgan fingerprint density at radius 1 is 1.25 bits per heavy atom. The highest BCUT2D eigenvalue weighted by Crippen LogP contribution is 2.19. The van der Waals surface area contributed by atoms with E-state index in [9.17, 15) is 14.4 Å². The van der Waals surface area contributed by atoms with Gasteiger partial charge in [0.15, 0.2) is 5.78 Å². The van der Waals surface area contributed by atoms with Crippen molar-refractivity contribution in [2.24, 2.45) is 11.8 Å². The maximum Gasteiger partial charge on any atom is 0.255 e. The molecule has 1 aromatic rings. The van der Waals surface area contributed by atoms with Gasteiger partial charge >= 0.3 is 0 Å². The number of nitrogens with one attached hydrogen (secondary N) is 2. The van der Waals surface area contributed by atoms with Crippen molar-refractivity contribution in [1.82, 2.24) is 10.6 Å². The van der Waals surface area contributed by atoms with Crippen molar-refractivity contribution >= 4 is 17.6 Å². The average molecular weight is 392 g/mol. The van der Waals surface area contributed by atoms with Crippen molar-refractivity contribution in [1.29, 1.82) is 0 Å². The molecule has 156 valence electrons. The lowest BCUT2D eigenvalue weighted by Gasteiger charge is -2.24. The van der Waals surface area contributed by atoms with Crippen molar-refractivity contribution < 1.29 is 23.5 Å². The van der Waals surface area contributed by atoms with Crippen LogP contribution in [-0.4, -0.2) is 42.4 Å². The number of carbonyl (C=O) groups is 3. The topological polar surface area (TPSA) is 97.6 Å². The Balaban J connectivity index is 2.09. The molecule has 0 aliphatic carbocycles. The summed E-state index contributed by atoms with van der Waals surface area (Å²) in [5.74, 6) is 0.536. The first kappa shape index (κ1) is 22.1. The number of amides is 2. The zero-order chi connectivity index (χ0) is 20.8. The first-order valence-corrected chi connectivity index (χ1v) is 10.0. The fourth-order valence-corrected chi connectivity index (χ4v) is 3.25. The van der Waals surface area contributed by atoms with E-state index in [-0.39, 0.29) is 30.3 Å². The molecule has 0 radical (unpaired) electrons. The molecule has 2 N–H and O–H groups in total. The number of Topliss-reactive ketones (excluding diaryl/α,β-unsaturated/α-hetero) is 1. The van der Waals surface area contributed by atoms with Crippen LogP contribution >= 0.6 is 0 Å². The third-order valence-electron chi connectivity index (χ3n) is 5.63. The lowest BCUT2D eigenvalue weighted by molar-refractivity contribution is -0.127. The summed E-state index contributed by atoms with van der Waals surface area (Å²) in [7, 11) is 0. The van der Waals surface area contributed by atoms with Crippen LogP contribution in [0.5, 0.6) is 0 Å². The summed E-state index contributed by atoms with van der Waals surface area (Å²) in [5, 5.41) is 5.61. The zero-order valence-corrected chi connectivity index (χ0v) is 17.4. The van der Waals surface area contributed by atoms with Gasteiger partial charge in [-0.15, -0.1) is 0 Å². The number of ether oxygens (including phenoxy) is 1. The fraction of sp³-hybridized carbons (Fsp3) is 0.667. The lowest BCUT2D eigenvalue weighted by Crippen LogP contribution is -2.53. The molecule has 0 aromatic carbocycles. The van der Waals surface area contributed by atoms with E-state index >= 15 is 0 Å². The van der Waals surface area contributed by atoms with Crippen LogP contribution in [0, 0.1) is 18.8 Å². The van der Waals surface area contributed by atoms with Gasteiger partial charge in [-0.2, -0.15) is 0 Å². The number of carbonyl (C=O) groups excluding carboxylic acids is 3. The molecule has 0 saturated carbocycles. The van der Waals surface area contributed by atoms with E-state index in [1.807, 2.05) is 6.92 Å². The maximum absolute atomic E-state index is 12.9. The van der Waals surface area contributed by atoms with Gasteiger partial charge in [-0.25, -0.2) is 0 Å². The monoisotopic (exact) mass is 392 g/mol. The van der Waals surface area contributed by atoms with E-state index < -0.39 is 12.1 Å². The summed E-state index contributed by atoms with van der Waals surface area (Å²) in [4.78, 5) is 37.6. The molecule has 7 nitrogen and oxygen atoms in total. The predicted molar refractivity (Wildman–Crippen MR) is 105 cm³/mol. The number of furan rings is 1. The van der Waals surface area contributed by atoms with Crippen LogP contribution in [0.25, 0.3) is 0 Å².